The number of imide groups is 1. The van der Waals surface area contributed by atoms with E-state index in [2.05, 4.69) is 10.8 Å². The number of nitrogens with one attached hydrogen (secondary N) is 2. The van der Waals surface area contributed by atoms with Crippen LogP contribution in [-0.4, -0.2) is 31.1 Å². The van der Waals surface area contributed by atoms with Gasteiger partial charge in [0.05, 0.1) is 6.61 Å². The van der Waals surface area contributed by atoms with E-state index in [4.69, 9.17) is 4.84 Å². The van der Waals surface area contributed by atoms with E-state index >= 15 is 0 Å². The second kappa shape index (κ2) is 10.3. The first-order chi connectivity index (χ1) is 8.60. The summed E-state index contributed by atoms with van der Waals surface area (Å²) < 4.78 is 0.914. The van der Waals surface area contributed by atoms with Gasteiger partial charge in [0.1, 0.15) is 0 Å². The van der Waals surface area contributed by atoms with E-state index in [9.17, 15) is 9.59 Å². The predicted octanol–water partition coefficient (Wildman–Crippen LogP) is 2.50. The number of carbonyl (C=O) groups excluding carboxylic acids is 2. The number of thioether (sulfide) groups is 2. The summed E-state index contributed by atoms with van der Waals surface area (Å²) in [5.74, 6) is -0.381. The summed E-state index contributed by atoms with van der Waals surface area (Å²) in [6.45, 7) is 4.22. The molecule has 0 rings (SSSR count). The summed E-state index contributed by atoms with van der Waals surface area (Å²) in [6.07, 6.45) is 5.17. The van der Waals surface area contributed by atoms with Crippen molar-refractivity contribution >= 4 is 35.5 Å². The largest absolute Gasteiger partial charge is 0.345 e. The number of rotatable bonds is 7. The van der Waals surface area contributed by atoms with Gasteiger partial charge >= 0.3 is 6.03 Å². The second-order valence-electron chi connectivity index (χ2n) is 3.26. The van der Waals surface area contributed by atoms with Crippen LogP contribution in [-0.2, 0) is 9.63 Å². The van der Waals surface area contributed by atoms with Gasteiger partial charge in [-0.15, -0.1) is 23.5 Å². The highest BCUT2D eigenvalue weighted by atomic mass is 32.2. The Hall–Kier alpha value is -0.660. The summed E-state index contributed by atoms with van der Waals surface area (Å²) in [4.78, 5) is 28.0. The lowest BCUT2D eigenvalue weighted by atomic mass is 10.2. The van der Waals surface area contributed by atoms with Gasteiger partial charge in [0.15, 0.2) is 0 Å². The molecule has 3 amide bonds. The highest BCUT2D eigenvalue weighted by Crippen LogP contribution is 2.28. The van der Waals surface area contributed by atoms with Crippen LogP contribution >= 0.6 is 23.5 Å². The van der Waals surface area contributed by atoms with Crippen LogP contribution in [0.2, 0.25) is 0 Å². The van der Waals surface area contributed by atoms with Gasteiger partial charge in [-0.05, 0) is 25.4 Å². The van der Waals surface area contributed by atoms with E-state index < -0.39 is 6.03 Å². The molecule has 0 atom stereocenters. The number of amides is 3. The molecule has 7 heteroatoms. The lowest BCUT2D eigenvalue weighted by Gasteiger charge is -2.10. The Morgan fingerprint density at radius 1 is 1.17 bits per heavy atom. The molecule has 0 aliphatic rings. The first-order valence-electron chi connectivity index (χ1n) is 5.64. The van der Waals surface area contributed by atoms with Crippen LogP contribution in [0.15, 0.2) is 9.81 Å². The van der Waals surface area contributed by atoms with E-state index in [1.165, 1.54) is 23.5 Å². The average molecular weight is 292 g/mol. The molecule has 104 valence electrons. The molecule has 0 heterocycles. The highest BCUT2D eigenvalue weighted by molar-refractivity contribution is 8.21. The Balaban J connectivity index is 4.45. The van der Waals surface area contributed by atoms with Crippen molar-refractivity contribution in [2.75, 3.05) is 19.1 Å². The van der Waals surface area contributed by atoms with Gasteiger partial charge in [-0.1, -0.05) is 13.8 Å². The summed E-state index contributed by atoms with van der Waals surface area (Å²) in [5.41, 5.74) is 2.77. The zero-order valence-corrected chi connectivity index (χ0v) is 12.8. The molecule has 0 spiro atoms. The molecule has 0 aliphatic carbocycles. The third kappa shape index (κ3) is 6.32. The van der Waals surface area contributed by atoms with Crippen molar-refractivity contribution in [1.29, 1.82) is 0 Å². The normalized spacial score (nSPS) is 9.78. The van der Waals surface area contributed by atoms with E-state index in [0.717, 1.165) is 10.7 Å². The van der Waals surface area contributed by atoms with Crippen molar-refractivity contribution < 1.29 is 14.4 Å². The summed E-state index contributed by atoms with van der Waals surface area (Å²) in [5, 5.41) is 2.24. The van der Waals surface area contributed by atoms with E-state index in [0.29, 0.717) is 18.6 Å². The fourth-order valence-electron chi connectivity index (χ4n) is 1.15. The second-order valence-corrected chi connectivity index (χ2v) is 5.15. The molecule has 0 aliphatic heterocycles. The summed E-state index contributed by atoms with van der Waals surface area (Å²) >= 11 is 3.00. The molecule has 0 unspecified atom stereocenters. The number of hydrogen-bond donors (Lipinski definition) is 2. The minimum atomic E-state index is -0.638. The van der Waals surface area contributed by atoms with Crippen molar-refractivity contribution in [1.82, 2.24) is 10.8 Å². The smallest absolute Gasteiger partial charge is 0.272 e. The Bertz CT molecular complexity index is 313. The Kier molecular flexibility index (Phi) is 9.90. The van der Waals surface area contributed by atoms with Crippen LogP contribution in [0, 0.1) is 0 Å². The quantitative estimate of drug-likeness (QED) is 0.429. The number of hydroxylamine groups is 1. The first kappa shape index (κ1) is 17.3. The van der Waals surface area contributed by atoms with Crippen LogP contribution in [0.1, 0.15) is 26.7 Å². The van der Waals surface area contributed by atoms with E-state index in [1.54, 1.807) is 0 Å². The number of urea groups is 1. The van der Waals surface area contributed by atoms with Crippen molar-refractivity contribution in [3.8, 4) is 0 Å². The lowest BCUT2D eigenvalue weighted by molar-refractivity contribution is -0.116. The molecule has 2 N–H and O–H groups in total. The third-order valence-electron chi connectivity index (χ3n) is 1.94. The van der Waals surface area contributed by atoms with Gasteiger partial charge in [0.25, 0.3) is 5.91 Å². The molecular formula is C11H20N2O3S2. The Morgan fingerprint density at radius 3 is 2.22 bits per heavy atom. The number of carbonyl (C=O) groups is 2. The van der Waals surface area contributed by atoms with Crippen LogP contribution in [0.25, 0.3) is 0 Å². The average Bonchev–Trinajstić information content (AvgIpc) is 2.35. The van der Waals surface area contributed by atoms with Crippen LogP contribution in [0.4, 0.5) is 4.79 Å². The van der Waals surface area contributed by atoms with Gasteiger partial charge in [-0.25, -0.2) is 10.3 Å². The van der Waals surface area contributed by atoms with Crippen LogP contribution < -0.4 is 10.8 Å². The molecule has 0 aromatic carbocycles. The summed E-state index contributed by atoms with van der Waals surface area (Å²) in [6, 6.07) is -0.638. The van der Waals surface area contributed by atoms with Gasteiger partial charge in [0, 0.05) is 9.81 Å². The van der Waals surface area contributed by atoms with Crippen LogP contribution in [0.3, 0.4) is 0 Å². The molecule has 0 radical (unpaired) electrons. The fraction of sp³-hybridized carbons (Fsp3) is 0.636. The highest BCUT2D eigenvalue weighted by Gasteiger charge is 2.15. The van der Waals surface area contributed by atoms with Crippen molar-refractivity contribution in [3.05, 3.63) is 9.81 Å². The molecule has 18 heavy (non-hydrogen) atoms. The fourth-order valence-corrected chi connectivity index (χ4v) is 2.78. The zero-order valence-electron chi connectivity index (χ0n) is 11.2. The van der Waals surface area contributed by atoms with Gasteiger partial charge in [-0.2, -0.15) is 0 Å². The molecule has 0 aromatic rings. The van der Waals surface area contributed by atoms with Crippen LogP contribution in [0.5, 0.6) is 0 Å². The Labute approximate surface area is 116 Å². The molecule has 0 bridgehead atoms. The Morgan fingerprint density at radius 2 is 1.78 bits per heavy atom. The maximum Gasteiger partial charge on any atom is 0.345 e. The minimum Gasteiger partial charge on any atom is -0.272 e. The van der Waals surface area contributed by atoms with Gasteiger partial charge in [0.2, 0.25) is 0 Å². The minimum absolute atomic E-state index is 0.381. The summed E-state index contributed by atoms with van der Waals surface area (Å²) in [7, 11) is 0. The number of hydrogen-bond acceptors (Lipinski definition) is 5. The molecular weight excluding hydrogens is 272 g/mol. The molecule has 5 nitrogen and oxygen atoms in total. The van der Waals surface area contributed by atoms with Crippen molar-refractivity contribution in [2.24, 2.45) is 0 Å². The van der Waals surface area contributed by atoms with E-state index in [1.807, 2.05) is 26.4 Å². The molecule has 0 fully saturated rings. The molecule has 0 saturated carbocycles. The molecule has 0 aromatic heterocycles. The van der Waals surface area contributed by atoms with Gasteiger partial charge in [-0.3, -0.25) is 14.9 Å². The monoisotopic (exact) mass is 292 g/mol. The van der Waals surface area contributed by atoms with Crippen molar-refractivity contribution in [2.45, 2.75) is 26.7 Å². The zero-order chi connectivity index (χ0) is 14.0. The standard InChI is InChI=1S/C11H20N2O3S2/c1-5-7-16-13-11(15)12-9(14)8(6-2)10(17-3)18-4/h5-7H2,1-4H3,(H2,12,13,14,15). The maximum atomic E-state index is 11.9. The SMILES string of the molecule is CCCONC(=O)NC(=O)C(CC)=C(SC)SC. The lowest BCUT2D eigenvalue weighted by Crippen LogP contribution is -2.40. The van der Waals surface area contributed by atoms with Gasteiger partial charge < -0.3 is 0 Å². The third-order valence-corrected chi connectivity index (χ3v) is 4.18. The van der Waals surface area contributed by atoms with Crippen molar-refractivity contribution in [3.63, 3.8) is 0 Å². The maximum absolute atomic E-state index is 11.9. The topological polar surface area (TPSA) is 67.4 Å². The van der Waals surface area contributed by atoms with E-state index in [-0.39, 0.29) is 5.91 Å². The first-order valence-corrected chi connectivity index (χ1v) is 8.09. The molecule has 0 saturated heterocycles. The predicted molar refractivity (Wildman–Crippen MR) is 77.3 cm³/mol.